The molecule has 1 aromatic heterocycles. The summed E-state index contributed by atoms with van der Waals surface area (Å²) >= 11 is 12.1. The van der Waals surface area contributed by atoms with Crippen molar-refractivity contribution >= 4 is 23.2 Å². The molecule has 0 aliphatic carbocycles. The van der Waals surface area contributed by atoms with Gasteiger partial charge in [0.1, 0.15) is 6.07 Å². The van der Waals surface area contributed by atoms with Crippen LogP contribution in [0.5, 0.6) is 0 Å². The second-order valence-corrected chi connectivity index (χ2v) is 7.14. The summed E-state index contributed by atoms with van der Waals surface area (Å²) in [5.74, 6) is 0. The van der Waals surface area contributed by atoms with Crippen LogP contribution in [-0.2, 0) is 0 Å². The highest BCUT2D eigenvalue weighted by Gasteiger charge is 2.16. The van der Waals surface area contributed by atoms with E-state index in [0.717, 1.165) is 27.9 Å². The topological polar surface area (TPSA) is 36.7 Å². The van der Waals surface area contributed by atoms with Crippen molar-refractivity contribution in [2.45, 2.75) is 0 Å². The summed E-state index contributed by atoms with van der Waals surface area (Å²) in [6, 6.07) is 29.0. The molecule has 0 bridgehead atoms. The maximum atomic E-state index is 9.94. The van der Waals surface area contributed by atoms with E-state index in [4.69, 9.17) is 28.2 Å². The van der Waals surface area contributed by atoms with Crippen molar-refractivity contribution in [1.82, 2.24) is 4.98 Å². The van der Waals surface area contributed by atoms with E-state index >= 15 is 0 Å². The minimum Gasteiger partial charge on any atom is -0.246 e. The van der Waals surface area contributed by atoms with E-state index in [-0.39, 0.29) is 0 Å². The van der Waals surface area contributed by atoms with Crippen molar-refractivity contribution in [3.8, 4) is 39.7 Å². The Balaban J connectivity index is 2.01. The molecular formula is C24H14Cl2N2. The Bertz CT molecular complexity index is 1160. The van der Waals surface area contributed by atoms with E-state index < -0.39 is 0 Å². The molecule has 0 aliphatic heterocycles. The molecule has 0 atom stereocenters. The van der Waals surface area contributed by atoms with Gasteiger partial charge in [-0.25, -0.2) is 4.98 Å². The highest BCUT2D eigenvalue weighted by atomic mass is 35.5. The predicted molar refractivity (Wildman–Crippen MR) is 115 cm³/mol. The number of nitrogens with zero attached hydrogens (tertiary/aromatic N) is 2. The van der Waals surface area contributed by atoms with Gasteiger partial charge in [0, 0.05) is 26.7 Å². The zero-order valence-corrected chi connectivity index (χ0v) is 16.2. The first-order chi connectivity index (χ1) is 13.7. The van der Waals surface area contributed by atoms with Gasteiger partial charge in [-0.15, -0.1) is 0 Å². The number of hydrogen-bond acceptors (Lipinski definition) is 2. The van der Waals surface area contributed by atoms with Crippen molar-refractivity contribution in [3.63, 3.8) is 0 Å². The van der Waals surface area contributed by atoms with Crippen molar-refractivity contribution in [1.29, 1.82) is 5.26 Å². The molecule has 0 aliphatic rings. The van der Waals surface area contributed by atoms with Gasteiger partial charge in [0.05, 0.1) is 17.0 Å². The average molecular weight is 401 g/mol. The summed E-state index contributed by atoms with van der Waals surface area (Å²) in [7, 11) is 0. The molecule has 0 unspecified atom stereocenters. The predicted octanol–water partition coefficient (Wildman–Crippen LogP) is 7.26. The number of hydrogen-bond donors (Lipinski definition) is 0. The van der Waals surface area contributed by atoms with Gasteiger partial charge in [-0.2, -0.15) is 5.26 Å². The van der Waals surface area contributed by atoms with Crippen molar-refractivity contribution in [3.05, 3.63) is 101 Å². The molecule has 3 aromatic carbocycles. The highest BCUT2D eigenvalue weighted by molar-refractivity contribution is 6.30. The maximum absolute atomic E-state index is 9.94. The first-order valence-electron chi connectivity index (χ1n) is 8.68. The van der Waals surface area contributed by atoms with Gasteiger partial charge in [-0.1, -0.05) is 77.8 Å². The zero-order chi connectivity index (χ0) is 19.5. The number of benzene rings is 3. The van der Waals surface area contributed by atoms with Crippen LogP contribution in [0.25, 0.3) is 33.6 Å². The molecule has 0 amide bonds. The molecule has 0 radical (unpaired) electrons. The summed E-state index contributed by atoms with van der Waals surface area (Å²) in [6.07, 6.45) is 0. The Morgan fingerprint density at radius 1 is 0.679 bits per heavy atom. The lowest BCUT2D eigenvalue weighted by Gasteiger charge is -2.13. The smallest absolute Gasteiger partial charge is 0.102 e. The standard InChI is InChI=1S/C24H14Cl2N2/c25-19-10-6-16(7-11-19)21-14-23(17-8-12-20(26)13-9-17)28-24(22(21)15-27)18-4-2-1-3-5-18/h1-14H. The van der Waals surface area contributed by atoms with Crippen molar-refractivity contribution < 1.29 is 0 Å². The van der Waals surface area contributed by atoms with E-state index in [1.54, 1.807) is 0 Å². The lowest BCUT2D eigenvalue weighted by molar-refractivity contribution is 1.30. The molecule has 0 spiro atoms. The van der Waals surface area contributed by atoms with E-state index in [2.05, 4.69) is 6.07 Å². The normalized spacial score (nSPS) is 10.5. The Hall–Kier alpha value is -3.12. The lowest BCUT2D eigenvalue weighted by atomic mass is 9.94. The van der Waals surface area contributed by atoms with Gasteiger partial charge < -0.3 is 0 Å². The molecule has 0 saturated carbocycles. The van der Waals surface area contributed by atoms with Gasteiger partial charge >= 0.3 is 0 Å². The molecule has 4 aromatic rings. The van der Waals surface area contributed by atoms with Crippen molar-refractivity contribution in [2.75, 3.05) is 0 Å². The fourth-order valence-corrected chi connectivity index (χ4v) is 3.34. The average Bonchev–Trinajstić information content (AvgIpc) is 2.74. The summed E-state index contributed by atoms with van der Waals surface area (Å²) in [6.45, 7) is 0. The second-order valence-electron chi connectivity index (χ2n) is 6.27. The molecule has 134 valence electrons. The molecule has 1 heterocycles. The quantitative estimate of drug-likeness (QED) is 0.362. The van der Waals surface area contributed by atoms with Gasteiger partial charge in [0.25, 0.3) is 0 Å². The molecule has 4 heteroatoms. The van der Waals surface area contributed by atoms with Gasteiger partial charge in [-0.05, 0) is 35.9 Å². The molecule has 28 heavy (non-hydrogen) atoms. The molecule has 0 fully saturated rings. The van der Waals surface area contributed by atoms with Crippen LogP contribution in [-0.4, -0.2) is 4.98 Å². The van der Waals surface area contributed by atoms with E-state index in [9.17, 15) is 5.26 Å². The molecule has 0 saturated heterocycles. The van der Waals surface area contributed by atoms with Gasteiger partial charge in [0.15, 0.2) is 0 Å². The summed E-state index contributed by atoms with van der Waals surface area (Å²) in [5, 5.41) is 11.3. The largest absolute Gasteiger partial charge is 0.246 e. The molecule has 2 nitrogen and oxygen atoms in total. The van der Waals surface area contributed by atoms with Gasteiger partial charge in [-0.3, -0.25) is 0 Å². The zero-order valence-electron chi connectivity index (χ0n) is 14.7. The number of rotatable bonds is 3. The number of aromatic nitrogens is 1. The Kier molecular flexibility index (Phi) is 5.12. The van der Waals surface area contributed by atoms with Crippen LogP contribution in [0.1, 0.15) is 5.56 Å². The van der Waals surface area contributed by atoms with Crippen LogP contribution in [0.4, 0.5) is 0 Å². The third kappa shape index (κ3) is 3.64. The lowest BCUT2D eigenvalue weighted by Crippen LogP contribution is -1.97. The fraction of sp³-hybridized carbons (Fsp3) is 0. The molecular weight excluding hydrogens is 387 g/mol. The molecule has 4 rings (SSSR count). The maximum Gasteiger partial charge on any atom is 0.102 e. The Labute approximate surface area is 173 Å². The second kappa shape index (κ2) is 7.86. The van der Waals surface area contributed by atoms with Crippen LogP contribution in [0, 0.1) is 11.3 Å². The summed E-state index contributed by atoms with van der Waals surface area (Å²) in [5.41, 5.74) is 5.52. The number of nitriles is 1. The third-order valence-corrected chi connectivity index (χ3v) is 4.98. The highest BCUT2D eigenvalue weighted by Crippen LogP contribution is 2.35. The third-order valence-electron chi connectivity index (χ3n) is 4.47. The minimum absolute atomic E-state index is 0.534. The van der Waals surface area contributed by atoms with E-state index in [1.807, 2.05) is 84.9 Å². The first-order valence-corrected chi connectivity index (χ1v) is 9.44. The summed E-state index contributed by atoms with van der Waals surface area (Å²) in [4.78, 5) is 4.83. The Morgan fingerprint density at radius 3 is 1.82 bits per heavy atom. The fourth-order valence-electron chi connectivity index (χ4n) is 3.09. The summed E-state index contributed by atoms with van der Waals surface area (Å²) < 4.78 is 0. The number of pyridine rings is 1. The first kappa shape index (κ1) is 18.3. The number of halogens is 2. The Morgan fingerprint density at radius 2 is 1.25 bits per heavy atom. The molecule has 0 N–H and O–H groups in total. The van der Waals surface area contributed by atoms with E-state index in [0.29, 0.717) is 21.3 Å². The van der Waals surface area contributed by atoms with Crippen LogP contribution >= 0.6 is 23.2 Å². The monoisotopic (exact) mass is 400 g/mol. The van der Waals surface area contributed by atoms with Crippen LogP contribution in [0.3, 0.4) is 0 Å². The van der Waals surface area contributed by atoms with E-state index in [1.165, 1.54) is 0 Å². The minimum atomic E-state index is 0.534. The van der Waals surface area contributed by atoms with Gasteiger partial charge in [0.2, 0.25) is 0 Å². The van der Waals surface area contributed by atoms with Crippen LogP contribution in [0.15, 0.2) is 84.9 Å². The SMILES string of the molecule is N#Cc1c(-c2ccc(Cl)cc2)cc(-c2ccc(Cl)cc2)nc1-c1ccccc1. The van der Waals surface area contributed by atoms with Crippen LogP contribution in [0.2, 0.25) is 10.0 Å². The van der Waals surface area contributed by atoms with Crippen LogP contribution < -0.4 is 0 Å². The van der Waals surface area contributed by atoms with Crippen molar-refractivity contribution in [2.24, 2.45) is 0 Å².